The molecule has 0 bridgehead atoms. The van der Waals surface area contributed by atoms with Crippen molar-refractivity contribution in [2.45, 2.75) is 6.42 Å². The molecule has 0 amide bonds. The van der Waals surface area contributed by atoms with Crippen LogP contribution in [0.3, 0.4) is 0 Å². The molecule has 0 aliphatic carbocycles. The summed E-state index contributed by atoms with van der Waals surface area (Å²) in [6.07, 6.45) is 2.10. The maximum Gasteiger partial charge on any atom is 0.214 e. The molecule has 4 aromatic rings. The summed E-state index contributed by atoms with van der Waals surface area (Å²) >= 11 is 1.40. The van der Waals surface area contributed by atoms with E-state index in [4.69, 9.17) is 4.42 Å². The van der Waals surface area contributed by atoms with Gasteiger partial charge in [0.2, 0.25) is 4.96 Å². The van der Waals surface area contributed by atoms with Crippen LogP contribution in [0.5, 0.6) is 0 Å². The van der Waals surface area contributed by atoms with Crippen molar-refractivity contribution >= 4 is 16.3 Å². The molecule has 3 heterocycles. The predicted molar refractivity (Wildman–Crippen MR) is 82.5 cm³/mol. The first-order valence-electron chi connectivity index (χ1n) is 6.81. The van der Waals surface area contributed by atoms with Crippen LogP contribution in [-0.2, 0) is 6.42 Å². The SMILES string of the molecule is N#Cc1c(-c2ccco2)nc2sc(Cc3ccc(F)cc3)nn12. The second-order valence-electron chi connectivity index (χ2n) is 4.89. The minimum atomic E-state index is -0.266. The van der Waals surface area contributed by atoms with E-state index in [2.05, 4.69) is 16.2 Å². The van der Waals surface area contributed by atoms with E-state index < -0.39 is 0 Å². The first kappa shape index (κ1) is 13.7. The molecule has 0 atom stereocenters. The number of benzene rings is 1. The maximum absolute atomic E-state index is 12.9. The Labute approximate surface area is 134 Å². The molecular weight excluding hydrogens is 315 g/mol. The van der Waals surface area contributed by atoms with Crippen LogP contribution >= 0.6 is 11.3 Å². The number of hydrogen-bond donors (Lipinski definition) is 0. The number of nitrogens with zero attached hydrogens (tertiary/aromatic N) is 4. The predicted octanol–water partition coefficient (Wildman–Crippen LogP) is 3.65. The van der Waals surface area contributed by atoms with E-state index in [-0.39, 0.29) is 5.82 Å². The lowest BCUT2D eigenvalue weighted by molar-refractivity contribution is 0.580. The van der Waals surface area contributed by atoms with Crippen molar-refractivity contribution in [3.05, 3.63) is 64.7 Å². The minimum absolute atomic E-state index is 0.266. The molecule has 0 saturated heterocycles. The molecule has 0 N–H and O–H groups in total. The number of aromatic nitrogens is 3. The minimum Gasteiger partial charge on any atom is -0.463 e. The van der Waals surface area contributed by atoms with Crippen molar-refractivity contribution in [3.63, 3.8) is 0 Å². The Morgan fingerprint density at radius 2 is 2.09 bits per heavy atom. The molecule has 0 aliphatic rings. The normalized spacial score (nSPS) is 11.0. The van der Waals surface area contributed by atoms with Crippen LogP contribution in [0.2, 0.25) is 0 Å². The molecular formula is C16H9FN4OS. The molecule has 1 aromatic carbocycles. The molecule has 7 heteroatoms. The lowest BCUT2D eigenvalue weighted by Gasteiger charge is -1.97. The summed E-state index contributed by atoms with van der Waals surface area (Å²) in [5.74, 6) is 0.275. The van der Waals surface area contributed by atoms with Crippen molar-refractivity contribution in [3.8, 4) is 17.5 Å². The van der Waals surface area contributed by atoms with Gasteiger partial charge in [-0.2, -0.15) is 14.9 Å². The molecule has 0 fully saturated rings. The van der Waals surface area contributed by atoms with Crippen LogP contribution < -0.4 is 0 Å². The molecule has 0 aliphatic heterocycles. The average molecular weight is 324 g/mol. The largest absolute Gasteiger partial charge is 0.463 e. The number of hydrogen-bond acceptors (Lipinski definition) is 5. The fourth-order valence-corrected chi connectivity index (χ4v) is 3.25. The van der Waals surface area contributed by atoms with Gasteiger partial charge in [-0.05, 0) is 29.8 Å². The van der Waals surface area contributed by atoms with Crippen molar-refractivity contribution in [2.24, 2.45) is 0 Å². The Morgan fingerprint density at radius 1 is 1.26 bits per heavy atom. The third kappa shape index (κ3) is 2.39. The summed E-state index contributed by atoms with van der Waals surface area (Å²) < 4.78 is 19.8. The number of rotatable bonds is 3. The van der Waals surface area contributed by atoms with Gasteiger partial charge in [-0.15, -0.1) is 0 Å². The molecule has 0 spiro atoms. The fourth-order valence-electron chi connectivity index (χ4n) is 2.32. The summed E-state index contributed by atoms with van der Waals surface area (Å²) in [6, 6.07) is 11.9. The summed E-state index contributed by atoms with van der Waals surface area (Å²) in [6.45, 7) is 0. The first-order chi connectivity index (χ1) is 11.2. The van der Waals surface area contributed by atoms with Crippen LogP contribution in [0.4, 0.5) is 4.39 Å². The highest BCUT2D eigenvalue weighted by Gasteiger charge is 2.19. The average Bonchev–Trinajstić information content (AvgIpc) is 3.24. The summed E-state index contributed by atoms with van der Waals surface area (Å²) in [7, 11) is 0. The van der Waals surface area contributed by atoms with E-state index in [1.165, 1.54) is 34.2 Å². The van der Waals surface area contributed by atoms with Crippen LogP contribution in [0.25, 0.3) is 16.4 Å². The standard InChI is InChI=1S/C16H9FN4OS/c17-11-5-3-10(4-6-11)8-14-20-21-12(9-18)15(19-16(21)23-14)13-2-1-7-22-13/h1-7H,8H2. The van der Waals surface area contributed by atoms with Gasteiger partial charge in [0.15, 0.2) is 11.5 Å². The smallest absolute Gasteiger partial charge is 0.214 e. The highest BCUT2D eigenvalue weighted by Crippen LogP contribution is 2.27. The zero-order chi connectivity index (χ0) is 15.8. The highest BCUT2D eigenvalue weighted by molar-refractivity contribution is 7.16. The quantitative estimate of drug-likeness (QED) is 0.577. The number of nitriles is 1. The van der Waals surface area contributed by atoms with Gasteiger partial charge in [0.1, 0.15) is 22.6 Å². The van der Waals surface area contributed by atoms with E-state index in [9.17, 15) is 9.65 Å². The zero-order valence-electron chi connectivity index (χ0n) is 11.7. The fraction of sp³-hybridized carbons (Fsp3) is 0.0625. The van der Waals surface area contributed by atoms with Crippen LogP contribution in [0.1, 0.15) is 16.3 Å². The topological polar surface area (TPSA) is 67.1 Å². The number of fused-ring (bicyclic) bond motifs is 1. The van der Waals surface area contributed by atoms with Gasteiger partial charge in [0, 0.05) is 6.42 Å². The van der Waals surface area contributed by atoms with Gasteiger partial charge in [-0.25, -0.2) is 9.37 Å². The van der Waals surface area contributed by atoms with Gasteiger partial charge in [0.05, 0.1) is 6.26 Å². The number of furan rings is 1. The van der Waals surface area contributed by atoms with Gasteiger partial charge in [0.25, 0.3) is 0 Å². The van der Waals surface area contributed by atoms with Crippen LogP contribution in [0.15, 0.2) is 47.1 Å². The summed E-state index contributed by atoms with van der Waals surface area (Å²) in [5.41, 5.74) is 1.79. The van der Waals surface area contributed by atoms with Gasteiger partial charge < -0.3 is 4.42 Å². The molecule has 0 saturated carbocycles. The van der Waals surface area contributed by atoms with Crippen molar-refractivity contribution in [1.29, 1.82) is 5.26 Å². The van der Waals surface area contributed by atoms with Gasteiger partial charge in [-0.1, -0.05) is 23.5 Å². The van der Waals surface area contributed by atoms with Gasteiger partial charge in [-0.3, -0.25) is 0 Å². The molecule has 112 valence electrons. The molecule has 0 radical (unpaired) electrons. The Morgan fingerprint density at radius 3 is 2.78 bits per heavy atom. The monoisotopic (exact) mass is 324 g/mol. The van der Waals surface area contributed by atoms with Crippen molar-refractivity contribution in [1.82, 2.24) is 14.6 Å². The Kier molecular flexibility index (Phi) is 3.17. The highest BCUT2D eigenvalue weighted by atomic mass is 32.1. The molecule has 4 rings (SSSR count). The third-order valence-corrected chi connectivity index (χ3v) is 4.28. The zero-order valence-corrected chi connectivity index (χ0v) is 12.5. The second-order valence-corrected chi connectivity index (χ2v) is 5.93. The third-order valence-electron chi connectivity index (χ3n) is 3.37. The summed E-state index contributed by atoms with van der Waals surface area (Å²) in [5, 5.41) is 14.7. The van der Waals surface area contributed by atoms with E-state index in [0.717, 1.165) is 10.6 Å². The number of halogens is 1. The van der Waals surface area contributed by atoms with Crippen LogP contribution in [-0.4, -0.2) is 14.6 Å². The Bertz CT molecular complexity index is 1010. The van der Waals surface area contributed by atoms with E-state index in [1.807, 2.05) is 0 Å². The van der Waals surface area contributed by atoms with Crippen LogP contribution in [0, 0.1) is 17.1 Å². The Hall–Kier alpha value is -2.98. The van der Waals surface area contributed by atoms with Crippen molar-refractivity contribution < 1.29 is 8.81 Å². The van der Waals surface area contributed by atoms with E-state index >= 15 is 0 Å². The lowest BCUT2D eigenvalue weighted by atomic mass is 10.2. The van der Waals surface area contributed by atoms with E-state index in [1.54, 1.807) is 24.3 Å². The maximum atomic E-state index is 12.9. The lowest BCUT2D eigenvalue weighted by Crippen LogP contribution is -1.93. The molecule has 23 heavy (non-hydrogen) atoms. The molecule has 0 unspecified atom stereocenters. The molecule has 5 nitrogen and oxygen atoms in total. The van der Waals surface area contributed by atoms with E-state index in [0.29, 0.717) is 28.5 Å². The van der Waals surface area contributed by atoms with Crippen molar-refractivity contribution in [2.75, 3.05) is 0 Å². The number of imidazole rings is 1. The Balaban J connectivity index is 1.73. The van der Waals surface area contributed by atoms with Gasteiger partial charge >= 0.3 is 0 Å². The molecule has 3 aromatic heterocycles. The summed E-state index contributed by atoms with van der Waals surface area (Å²) in [4.78, 5) is 5.07. The second kappa shape index (κ2) is 5.34. The first-order valence-corrected chi connectivity index (χ1v) is 7.63.